The third-order valence-electron chi connectivity index (χ3n) is 2.53. The fourth-order valence-corrected chi connectivity index (χ4v) is 1.84. The van der Waals surface area contributed by atoms with Crippen molar-refractivity contribution in [2.75, 3.05) is 0 Å². The van der Waals surface area contributed by atoms with E-state index in [1.54, 1.807) is 0 Å². The molecule has 0 atom stereocenters. The van der Waals surface area contributed by atoms with Crippen molar-refractivity contribution in [2.24, 2.45) is 0 Å². The van der Waals surface area contributed by atoms with Gasteiger partial charge >= 0.3 is 0 Å². The van der Waals surface area contributed by atoms with Gasteiger partial charge in [0.1, 0.15) is 11.2 Å². The zero-order valence-electron chi connectivity index (χ0n) is 11.4. The van der Waals surface area contributed by atoms with Gasteiger partial charge < -0.3 is 4.42 Å². The quantitative estimate of drug-likeness (QED) is 0.458. The highest BCUT2D eigenvalue weighted by atomic mass is 16.3. The minimum absolute atomic E-state index is 0.966. The van der Waals surface area contributed by atoms with Crippen LogP contribution in [0.25, 0.3) is 21.9 Å². The molecule has 0 bridgehead atoms. The molecule has 94 valence electrons. The summed E-state index contributed by atoms with van der Waals surface area (Å²) >= 11 is 0. The van der Waals surface area contributed by atoms with Crippen LogP contribution < -0.4 is 0 Å². The van der Waals surface area contributed by atoms with E-state index in [9.17, 15) is 0 Å². The first-order valence-electron chi connectivity index (χ1n) is 6.22. The highest BCUT2D eigenvalue weighted by molar-refractivity contribution is 6.04. The van der Waals surface area contributed by atoms with Gasteiger partial charge in [-0.2, -0.15) is 0 Å². The minimum atomic E-state index is 0.966. The first-order chi connectivity index (χ1) is 8.84. The van der Waals surface area contributed by atoms with Crippen molar-refractivity contribution in [1.29, 1.82) is 0 Å². The van der Waals surface area contributed by atoms with Gasteiger partial charge in [0, 0.05) is 10.8 Å². The molecule has 0 fully saturated rings. The Kier molecular flexibility index (Phi) is 5.19. The SMILES string of the molecule is C=C.CC.Cc1ccc2oc3ccccc3c2c1. The van der Waals surface area contributed by atoms with Gasteiger partial charge in [-0.15, -0.1) is 13.2 Å². The van der Waals surface area contributed by atoms with Gasteiger partial charge in [-0.3, -0.25) is 0 Å². The Morgan fingerprint density at radius 3 is 2.17 bits per heavy atom. The zero-order chi connectivity index (χ0) is 13.5. The van der Waals surface area contributed by atoms with Gasteiger partial charge in [0.2, 0.25) is 0 Å². The predicted octanol–water partition coefficient (Wildman–Crippen LogP) is 5.72. The van der Waals surface area contributed by atoms with Crippen molar-refractivity contribution in [2.45, 2.75) is 20.8 Å². The molecule has 0 amide bonds. The molecule has 1 nitrogen and oxygen atoms in total. The zero-order valence-corrected chi connectivity index (χ0v) is 11.4. The number of hydrogen-bond acceptors (Lipinski definition) is 1. The van der Waals surface area contributed by atoms with Crippen LogP contribution in [0.2, 0.25) is 0 Å². The van der Waals surface area contributed by atoms with E-state index in [2.05, 4.69) is 38.3 Å². The summed E-state index contributed by atoms with van der Waals surface area (Å²) in [5.41, 5.74) is 3.20. The van der Waals surface area contributed by atoms with Crippen molar-refractivity contribution in [3.63, 3.8) is 0 Å². The van der Waals surface area contributed by atoms with Gasteiger partial charge in [0.25, 0.3) is 0 Å². The fourth-order valence-electron chi connectivity index (χ4n) is 1.84. The normalized spacial score (nSPS) is 9.28. The molecule has 0 unspecified atom stereocenters. The van der Waals surface area contributed by atoms with Gasteiger partial charge in [0.15, 0.2) is 0 Å². The van der Waals surface area contributed by atoms with Gasteiger partial charge in [0.05, 0.1) is 0 Å². The molecule has 0 saturated heterocycles. The van der Waals surface area contributed by atoms with Crippen molar-refractivity contribution in [3.05, 3.63) is 61.2 Å². The first-order valence-corrected chi connectivity index (χ1v) is 6.22. The van der Waals surface area contributed by atoms with Gasteiger partial charge in [-0.25, -0.2) is 0 Å². The van der Waals surface area contributed by atoms with Gasteiger partial charge in [-0.1, -0.05) is 43.7 Å². The second kappa shape index (κ2) is 6.65. The summed E-state index contributed by atoms with van der Waals surface area (Å²) in [6.07, 6.45) is 0. The molecule has 0 aliphatic rings. The molecule has 0 saturated carbocycles. The molecular weight excluding hydrogens is 220 g/mol. The van der Waals surface area contributed by atoms with E-state index in [0.717, 1.165) is 11.2 Å². The lowest BCUT2D eigenvalue weighted by atomic mass is 10.1. The molecule has 1 aromatic heterocycles. The Morgan fingerprint density at radius 2 is 1.44 bits per heavy atom. The Balaban J connectivity index is 0.000000371. The van der Waals surface area contributed by atoms with E-state index < -0.39 is 0 Å². The van der Waals surface area contributed by atoms with Crippen LogP contribution in [0.1, 0.15) is 19.4 Å². The minimum Gasteiger partial charge on any atom is -0.456 e. The predicted molar refractivity (Wildman–Crippen MR) is 81.1 cm³/mol. The Morgan fingerprint density at radius 1 is 0.833 bits per heavy atom. The number of aryl methyl sites for hydroxylation is 1. The summed E-state index contributed by atoms with van der Waals surface area (Å²) in [6, 6.07) is 14.4. The van der Waals surface area contributed by atoms with Crippen LogP contribution in [0.3, 0.4) is 0 Å². The first kappa shape index (κ1) is 14.0. The molecule has 3 aromatic rings. The molecule has 0 N–H and O–H groups in total. The maximum absolute atomic E-state index is 5.71. The van der Waals surface area contributed by atoms with E-state index in [1.807, 2.05) is 38.1 Å². The van der Waals surface area contributed by atoms with Crippen LogP contribution in [0, 0.1) is 6.92 Å². The number of benzene rings is 2. The van der Waals surface area contributed by atoms with Crippen LogP contribution in [0.4, 0.5) is 0 Å². The molecule has 3 rings (SSSR count). The number of furan rings is 1. The number of hydrogen-bond donors (Lipinski definition) is 0. The largest absolute Gasteiger partial charge is 0.456 e. The summed E-state index contributed by atoms with van der Waals surface area (Å²) in [7, 11) is 0. The molecule has 0 aliphatic carbocycles. The number of rotatable bonds is 0. The van der Waals surface area contributed by atoms with Crippen LogP contribution in [-0.2, 0) is 0 Å². The Bertz CT molecular complexity index is 620. The standard InChI is InChI=1S/C13H10O.C2H6.C2H4/c1-9-6-7-13-11(8-9)10-4-2-3-5-12(10)14-13;2*1-2/h2-8H,1H3;1-2H3;1-2H2. The number of fused-ring (bicyclic) bond motifs is 3. The molecular formula is C17H20O. The smallest absolute Gasteiger partial charge is 0.135 e. The van der Waals surface area contributed by atoms with Crippen molar-refractivity contribution < 1.29 is 4.42 Å². The molecule has 1 heteroatoms. The van der Waals surface area contributed by atoms with Crippen molar-refractivity contribution in [3.8, 4) is 0 Å². The fraction of sp³-hybridized carbons (Fsp3) is 0.176. The average Bonchev–Trinajstić information content (AvgIpc) is 2.81. The molecule has 0 radical (unpaired) electrons. The van der Waals surface area contributed by atoms with Crippen LogP contribution in [0.15, 0.2) is 60.0 Å². The summed E-state index contributed by atoms with van der Waals surface area (Å²) in [4.78, 5) is 0. The van der Waals surface area contributed by atoms with Crippen molar-refractivity contribution >= 4 is 21.9 Å². The van der Waals surface area contributed by atoms with Crippen molar-refractivity contribution in [1.82, 2.24) is 0 Å². The highest BCUT2D eigenvalue weighted by Crippen LogP contribution is 2.28. The molecule has 0 spiro atoms. The van der Waals surface area contributed by atoms with E-state index in [1.165, 1.54) is 16.3 Å². The number of para-hydroxylation sites is 1. The second-order valence-corrected chi connectivity index (χ2v) is 3.60. The van der Waals surface area contributed by atoms with E-state index in [4.69, 9.17) is 4.42 Å². The molecule has 18 heavy (non-hydrogen) atoms. The second-order valence-electron chi connectivity index (χ2n) is 3.60. The molecule has 0 aliphatic heterocycles. The summed E-state index contributed by atoms with van der Waals surface area (Å²) in [6.45, 7) is 12.1. The lowest BCUT2D eigenvalue weighted by Crippen LogP contribution is -1.69. The molecule has 2 aromatic carbocycles. The lowest BCUT2D eigenvalue weighted by Gasteiger charge is -1.90. The van der Waals surface area contributed by atoms with Gasteiger partial charge in [-0.05, 0) is 25.1 Å². The van der Waals surface area contributed by atoms with E-state index >= 15 is 0 Å². The molecule has 1 heterocycles. The van der Waals surface area contributed by atoms with Crippen LogP contribution >= 0.6 is 0 Å². The summed E-state index contributed by atoms with van der Waals surface area (Å²) in [5.74, 6) is 0. The maximum Gasteiger partial charge on any atom is 0.135 e. The third kappa shape index (κ3) is 2.62. The monoisotopic (exact) mass is 240 g/mol. The van der Waals surface area contributed by atoms with E-state index in [0.29, 0.717) is 0 Å². The van der Waals surface area contributed by atoms with E-state index in [-0.39, 0.29) is 0 Å². The van der Waals surface area contributed by atoms with Crippen LogP contribution in [-0.4, -0.2) is 0 Å². The summed E-state index contributed by atoms with van der Waals surface area (Å²) in [5, 5.41) is 2.41. The van der Waals surface area contributed by atoms with Crippen LogP contribution in [0.5, 0.6) is 0 Å². The Hall–Kier alpha value is -2.02. The maximum atomic E-state index is 5.71. The lowest BCUT2D eigenvalue weighted by molar-refractivity contribution is 0.669. The average molecular weight is 240 g/mol. The highest BCUT2D eigenvalue weighted by Gasteiger charge is 2.04. The summed E-state index contributed by atoms with van der Waals surface area (Å²) < 4.78 is 5.71. The Labute approximate surface area is 109 Å². The topological polar surface area (TPSA) is 13.1 Å². The third-order valence-corrected chi connectivity index (χ3v) is 2.53.